The van der Waals surface area contributed by atoms with Gasteiger partial charge in [0, 0.05) is 17.8 Å². The van der Waals surface area contributed by atoms with Crippen LogP contribution in [0.3, 0.4) is 0 Å². The Morgan fingerprint density at radius 1 is 1.03 bits per heavy atom. The van der Waals surface area contributed by atoms with Crippen LogP contribution in [0.25, 0.3) is 0 Å². The van der Waals surface area contributed by atoms with Crippen LogP contribution in [0.4, 0.5) is 15.8 Å². The van der Waals surface area contributed by atoms with E-state index in [9.17, 15) is 22.4 Å². The fourth-order valence-corrected chi connectivity index (χ4v) is 4.26. The second kappa shape index (κ2) is 10.0. The molecule has 1 amide bonds. The fraction of sp³-hybridized carbons (Fsp3) is 0.130. The van der Waals surface area contributed by atoms with E-state index in [0.29, 0.717) is 10.7 Å². The van der Waals surface area contributed by atoms with Crippen LogP contribution in [-0.2, 0) is 19.6 Å². The van der Waals surface area contributed by atoms with Gasteiger partial charge in [-0.3, -0.25) is 9.10 Å². The van der Waals surface area contributed by atoms with E-state index < -0.39 is 33.8 Å². The lowest BCUT2D eigenvalue weighted by molar-refractivity contribution is -0.123. The Labute approximate surface area is 195 Å². The van der Waals surface area contributed by atoms with Crippen molar-refractivity contribution in [3.63, 3.8) is 0 Å². The molecule has 0 spiro atoms. The summed E-state index contributed by atoms with van der Waals surface area (Å²) in [5, 5.41) is 2.82. The van der Waals surface area contributed by atoms with E-state index in [1.807, 2.05) is 0 Å². The molecule has 0 saturated carbocycles. The van der Waals surface area contributed by atoms with Gasteiger partial charge in [-0.1, -0.05) is 29.8 Å². The zero-order valence-electron chi connectivity index (χ0n) is 17.7. The normalized spacial score (nSPS) is 12.0. The first kappa shape index (κ1) is 24.2. The van der Waals surface area contributed by atoms with Crippen LogP contribution in [0.2, 0.25) is 5.02 Å². The number of benzene rings is 3. The van der Waals surface area contributed by atoms with Gasteiger partial charge >= 0.3 is 5.97 Å². The summed E-state index contributed by atoms with van der Waals surface area (Å²) in [5.74, 6) is -2.09. The fourth-order valence-electron chi connectivity index (χ4n) is 2.84. The number of hydrogen-bond acceptors (Lipinski definition) is 5. The van der Waals surface area contributed by atoms with Crippen molar-refractivity contribution in [1.82, 2.24) is 0 Å². The highest BCUT2D eigenvalue weighted by Gasteiger charge is 2.24. The molecule has 33 heavy (non-hydrogen) atoms. The van der Waals surface area contributed by atoms with Crippen molar-refractivity contribution in [2.75, 3.05) is 16.7 Å². The van der Waals surface area contributed by atoms with Gasteiger partial charge < -0.3 is 10.1 Å². The monoisotopic (exact) mass is 490 g/mol. The third kappa shape index (κ3) is 5.88. The molecule has 0 fully saturated rings. The van der Waals surface area contributed by atoms with E-state index in [1.165, 1.54) is 56.4 Å². The van der Waals surface area contributed by atoms with Crippen LogP contribution in [0, 0.1) is 5.82 Å². The number of carbonyl (C=O) groups excluding carboxylic acids is 2. The van der Waals surface area contributed by atoms with Gasteiger partial charge in [0.25, 0.3) is 15.9 Å². The number of anilines is 2. The van der Waals surface area contributed by atoms with Crippen molar-refractivity contribution in [1.29, 1.82) is 0 Å². The Hall–Kier alpha value is -3.43. The quantitative estimate of drug-likeness (QED) is 0.493. The summed E-state index contributed by atoms with van der Waals surface area (Å²) in [6.07, 6.45) is -1.21. The average molecular weight is 491 g/mol. The maximum Gasteiger partial charge on any atom is 0.338 e. The van der Waals surface area contributed by atoms with Gasteiger partial charge in [-0.15, -0.1) is 0 Å². The zero-order valence-corrected chi connectivity index (χ0v) is 19.2. The van der Waals surface area contributed by atoms with Gasteiger partial charge in [0.2, 0.25) is 0 Å². The van der Waals surface area contributed by atoms with Crippen LogP contribution < -0.4 is 9.62 Å². The number of halogens is 2. The SMILES string of the molecule is CC(OC(=O)c1cccc(S(=O)(=O)N(C)c2cccc(Cl)c2)c1)C(=O)Nc1cccc(F)c1. The number of esters is 1. The summed E-state index contributed by atoms with van der Waals surface area (Å²) in [6.45, 7) is 1.35. The van der Waals surface area contributed by atoms with Crippen LogP contribution in [0.1, 0.15) is 17.3 Å². The lowest BCUT2D eigenvalue weighted by Crippen LogP contribution is -2.30. The van der Waals surface area contributed by atoms with Gasteiger partial charge in [-0.25, -0.2) is 17.6 Å². The maximum atomic E-state index is 13.3. The van der Waals surface area contributed by atoms with E-state index in [1.54, 1.807) is 18.2 Å². The number of nitrogens with one attached hydrogen (secondary N) is 1. The molecule has 0 aromatic heterocycles. The molecule has 3 aromatic carbocycles. The van der Waals surface area contributed by atoms with Crippen LogP contribution in [-0.4, -0.2) is 33.4 Å². The van der Waals surface area contributed by atoms with Crippen molar-refractivity contribution >= 4 is 44.9 Å². The number of nitrogens with zero attached hydrogens (tertiary/aromatic N) is 1. The number of ether oxygens (including phenoxy) is 1. The van der Waals surface area contributed by atoms with Crippen LogP contribution >= 0.6 is 11.6 Å². The van der Waals surface area contributed by atoms with Gasteiger partial charge in [0.05, 0.1) is 16.1 Å². The molecule has 1 atom stereocenters. The smallest absolute Gasteiger partial charge is 0.338 e. The molecule has 0 saturated heterocycles. The highest BCUT2D eigenvalue weighted by molar-refractivity contribution is 7.92. The molecule has 3 aromatic rings. The molecular formula is C23H20ClFN2O5S. The predicted molar refractivity (Wildman–Crippen MR) is 123 cm³/mol. The third-order valence-electron chi connectivity index (χ3n) is 4.65. The first-order valence-electron chi connectivity index (χ1n) is 9.70. The Morgan fingerprint density at radius 3 is 2.42 bits per heavy atom. The maximum absolute atomic E-state index is 13.3. The molecule has 0 heterocycles. The molecule has 0 radical (unpaired) electrons. The van der Waals surface area contributed by atoms with Crippen molar-refractivity contribution in [3.8, 4) is 0 Å². The minimum Gasteiger partial charge on any atom is -0.449 e. The molecule has 1 N–H and O–H groups in total. The first-order chi connectivity index (χ1) is 15.6. The Morgan fingerprint density at radius 2 is 1.73 bits per heavy atom. The first-order valence-corrected chi connectivity index (χ1v) is 11.5. The summed E-state index contributed by atoms with van der Waals surface area (Å²) in [6, 6.07) is 16.8. The van der Waals surface area contributed by atoms with Crippen LogP contribution in [0.15, 0.2) is 77.7 Å². The molecule has 172 valence electrons. The number of sulfonamides is 1. The number of hydrogen-bond donors (Lipinski definition) is 1. The molecule has 0 aliphatic rings. The minimum absolute atomic E-state index is 0.0547. The summed E-state index contributed by atoms with van der Waals surface area (Å²) < 4.78 is 45.5. The van der Waals surface area contributed by atoms with Gasteiger partial charge in [0.1, 0.15) is 5.82 Å². The van der Waals surface area contributed by atoms with E-state index in [0.717, 1.165) is 16.4 Å². The largest absolute Gasteiger partial charge is 0.449 e. The standard InChI is InChI=1S/C23H20ClFN2O5S/c1-15(22(28)26-19-9-5-8-18(25)14-19)32-23(29)16-6-3-11-21(12-16)33(30,31)27(2)20-10-4-7-17(24)13-20/h3-15H,1-2H3,(H,26,28). The predicted octanol–water partition coefficient (Wildman–Crippen LogP) is 4.49. The van der Waals surface area contributed by atoms with Crippen molar-refractivity contribution in [3.05, 3.63) is 89.2 Å². The van der Waals surface area contributed by atoms with Crippen molar-refractivity contribution in [2.24, 2.45) is 0 Å². The van der Waals surface area contributed by atoms with Gasteiger partial charge in [-0.05, 0) is 61.5 Å². The Balaban J connectivity index is 1.74. The van der Waals surface area contributed by atoms with Crippen molar-refractivity contribution in [2.45, 2.75) is 17.9 Å². The summed E-state index contributed by atoms with van der Waals surface area (Å²) in [5.41, 5.74) is 0.499. The van der Waals surface area contributed by atoms with E-state index in [-0.39, 0.29) is 16.1 Å². The topological polar surface area (TPSA) is 92.8 Å². The van der Waals surface area contributed by atoms with E-state index in [4.69, 9.17) is 16.3 Å². The summed E-state index contributed by atoms with van der Waals surface area (Å²) in [7, 11) is -2.64. The lowest BCUT2D eigenvalue weighted by Gasteiger charge is -2.20. The zero-order chi connectivity index (χ0) is 24.2. The second-order valence-electron chi connectivity index (χ2n) is 7.03. The summed E-state index contributed by atoms with van der Waals surface area (Å²) >= 11 is 5.95. The number of carbonyl (C=O) groups is 2. The third-order valence-corrected chi connectivity index (χ3v) is 6.66. The lowest BCUT2D eigenvalue weighted by atomic mass is 10.2. The van der Waals surface area contributed by atoms with Gasteiger partial charge in [0.15, 0.2) is 6.10 Å². The average Bonchev–Trinajstić information content (AvgIpc) is 2.78. The van der Waals surface area contributed by atoms with E-state index >= 15 is 0 Å². The highest BCUT2D eigenvalue weighted by atomic mass is 35.5. The highest BCUT2D eigenvalue weighted by Crippen LogP contribution is 2.25. The molecule has 3 rings (SSSR count). The van der Waals surface area contributed by atoms with Crippen LogP contribution in [0.5, 0.6) is 0 Å². The molecule has 10 heteroatoms. The molecule has 0 aliphatic heterocycles. The minimum atomic E-state index is -4.00. The second-order valence-corrected chi connectivity index (χ2v) is 9.43. The Kier molecular flexibility index (Phi) is 7.35. The summed E-state index contributed by atoms with van der Waals surface area (Å²) in [4.78, 5) is 24.7. The van der Waals surface area contributed by atoms with Crippen molar-refractivity contribution < 1.29 is 27.1 Å². The molecule has 1 unspecified atom stereocenters. The Bertz CT molecular complexity index is 1300. The molecular weight excluding hydrogens is 471 g/mol. The number of amides is 1. The number of rotatable bonds is 7. The van der Waals surface area contributed by atoms with E-state index in [2.05, 4.69) is 5.32 Å². The van der Waals surface area contributed by atoms with Gasteiger partial charge in [-0.2, -0.15) is 0 Å². The molecule has 7 nitrogen and oxygen atoms in total. The molecule has 0 aliphatic carbocycles. The molecule has 0 bridgehead atoms.